The van der Waals surface area contributed by atoms with Crippen molar-refractivity contribution in [3.05, 3.63) is 42.7 Å². The number of para-hydroxylation sites is 1. The number of carbonyl (C=O) groups excluding carboxylic acids is 2. The lowest BCUT2D eigenvalue weighted by Crippen LogP contribution is -2.46. The molecular weight excluding hydrogens is 308 g/mol. The van der Waals surface area contributed by atoms with E-state index in [9.17, 15) is 14.7 Å². The molecule has 1 aromatic heterocycles. The molecule has 2 aromatic rings. The lowest BCUT2D eigenvalue weighted by atomic mass is 9.82. The summed E-state index contributed by atoms with van der Waals surface area (Å²) in [5.74, 6) is -2.62. The van der Waals surface area contributed by atoms with Gasteiger partial charge in [0.2, 0.25) is 5.91 Å². The summed E-state index contributed by atoms with van der Waals surface area (Å²) >= 11 is 0. The van der Waals surface area contributed by atoms with E-state index >= 15 is 0 Å². The molecule has 4 atom stereocenters. The van der Waals surface area contributed by atoms with Gasteiger partial charge in [-0.25, -0.2) is 9.97 Å². The summed E-state index contributed by atoms with van der Waals surface area (Å²) in [5, 5.41) is 12.2. The largest absolute Gasteiger partial charge is 0.550 e. The third kappa shape index (κ3) is 2.29. The Balaban J connectivity index is 1.52. The van der Waals surface area contributed by atoms with Crippen molar-refractivity contribution in [2.75, 3.05) is 5.43 Å². The Morgan fingerprint density at radius 3 is 2.62 bits per heavy atom. The van der Waals surface area contributed by atoms with Crippen LogP contribution in [-0.4, -0.2) is 21.8 Å². The third-order valence-corrected chi connectivity index (χ3v) is 4.88. The van der Waals surface area contributed by atoms with Crippen LogP contribution in [0.5, 0.6) is 0 Å². The minimum atomic E-state index is -1.17. The normalized spacial score (nSPS) is 27.3. The van der Waals surface area contributed by atoms with Crippen molar-refractivity contribution >= 4 is 28.6 Å². The van der Waals surface area contributed by atoms with Crippen LogP contribution in [0.4, 0.5) is 5.82 Å². The zero-order valence-electron chi connectivity index (χ0n) is 12.7. The molecule has 4 rings (SSSR count). The monoisotopic (exact) mass is 323 g/mol. The fraction of sp³-hybridized carbons (Fsp3) is 0.294. The van der Waals surface area contributed by atoms with Crippen molar-refractivity contribution < 1.29 is 14.7 Å². The first-order valence-corrected chi connectivity index (χ1v) is 7.80. The highest BCUT2D eigenvalue weighted by Crippen LogP contribution is 2.47. The number of fused-ring (bicyclic) bond motifs is 3. The summed E-state index contributed by atoms with van der Waals surface area (Å²) in [6.07, 6.45) is 5.89. The van der Waals surface area contributed by atoms with Gasteiger partial charge in [0.15, 0.2) is 5.82 Å². The fourth-order valence-corrected chi connectivity index (χ4v) is 3.81. The molecule has 2 aliphatic rings. The second kappa shape index (κ2) is 5.59. The number of nitrogens with zero attached hydrogens (tertiary/aromatic N) is 2. The SMILES string of the molecule is O=C([O-])[C@@H]1[C@@H](C(=O)NNc2ncnc3ccccc23)[C@@H]2C=C[C@@H]1C2. The van der Waals surface area contributed by atoms with Crippen LogP contribution in [-0.2, 0) is 9.59 Å². The molecule has 0 aliphatic heterocycles. The lowest BCUT2D eigenvalue weighted by Gasteiger charge is -2.27. The zero-order chi connectivity index (χ0) is 16.7. The van der Waals surface area contributed by atoms with E-state index in [4.69, 9.17) is 0 Å². The second-order valence-corrected chi connectivity index (χ2v) is 6.17. The van der Waals surface area contributed by atoms with Gasteiger partial charge in [0, 0.05) is 17.3 Å². The Morgan fingerprint density at radius 1 is 1.08 bits per heavy atom. The van der Waals surface area contributed by atoms with Crippen molar-refractivity contribution in [1.29, 1.82) is 0 Å². The molecule has 0 radical (unpaired) electrons. The van der Waals surface area contributed by atoms with E-state index in [1.54, 1.807) is 0 Å². The van der Waals surface area contributed by atoms with Crippen LogP contribution in [0.1, 0.15) is 6.42 Å². The van der Waals surface area contributed by atoms with Crippen LogP contribution < -0.4 is 16.0 Å². The number of aromatic nitrogens is 2. The highest BCUT2D eigenvalue weighted by molar-refractivity contribution is 5.91. The van der Waals surface area contributed by atoms with Gasteiger partial charge in [-0.2, -0.15) is 0 Å². The molecule has 2 aliphatic carbocycles. The number of allylic oxidation sites excluding steroid dienone is 2. The fourth-order valence-electron chi connectivity index (χ4n) is 3.81. The average molecular weight is 323 g/mol. The van der Waals surface area contributed by atoms with Crippen LogP contribution in [0, 0.1) is 23.7 Å². The molecule has 1 heterocycles. The molecule has 1 amide bonds. The summed E-state index contributed by atoms with van der Waals surface area (Å²) in [6, 6.07) is 7.40. The number of hydrogen-bond donors (Lipinski definition) is 2. The zero-order valence-corrected chi connectivity index (χ0v) is 12.7. The van der Waals surface area contributed by atoms with E-state index in [-0.39, 0.29) is 17.7 Å². The summed E-state index contributed by atoms with van der Waals surface area (Å²) in [5.41, 5.74) is 6.14. The van der Waals surface area contributed by atoms with Gasteiger partial charge in [-0.15, -0.1) is 0 Å². The number of carbonyl (C=O) groups is 2. The van der Waals surface area contributed by atoms with E-state index < -0.39 is 17.8 Å². The van der Waals surface area contributed by atoms with Gasteiger partial charge < -0.3 is 9.90 Å². The van der Waals surface area contributed by atoms with Gasteiger partial charge in [0.25, 0.3) is 0 Å². The first-order chi connectivity index (χ1) is 11.6. The number of amides is 1. The molecule has 122 valence electrons. The predicted octanol–water partition coefficient (Wildman–Crippen LogP) is 0.261. The van der Waals surface area contributed by atoms with Crippen molar-refractivity contribution in [1.82, 2.24) is 15.4 Å². The topological polar surface area (TPSA) is 107 Å². The van der Waals surface area contributed by atoms with Crippen LogP contribution in [0.3, 0.4) is 0 Å². The minimum absolute atomic E-state index is 0.0538. The van der Waals surface area contributed by atoms with E-state index in [0.29, 0.717) is 12.2 Å². The molecule has 24 heavy (non-hydrogen) atoms. The molecule has 7 heteroatoms. The highest BCUT2D eigenvalue weighted by Gasteiger charge is 2.48. The lowest BCUT2D eigenvalue weighted by molar-refractivity contribution is -0.313. The number of carboxylic acid groups (broad SMARTS) is 1. The van der Waals surface area contributed by atoms with Crippen LogP contribution >= 0.6 is 0 Å². The molecule has 0 saturated heterocycles. The molecule has 1 aromatic carbocycles. The molecule has 0 spiro atoms. The molecule has 2 N–H and O–H groups in total. The van der Waals surface area contributed by atoms with Crippen molar-refractivity contribution in [2.45, 2.75) is 6.42 Å². The number of anilines is 1. The van der Waals surface area contributed by atoms with E-state index in [1.165, 1.54) is 6.33 Å². The number of aliphatic carboxylic acids is 1. The van der Waals surface area contributed by atoms with Crippen LogP contribution in [0.25, 0.3) is 10.9 Å². The van der Waals surface area contributed by atoms with Crippen LogP contribution in [0.15, 0.2) is 42.7 Å². The standard InChI is InChI=1S/C17H16N4O3/c22-16(13-9-5-6-10(7-9)14(13)17(23)24)21-20-15-11-3-1-2-4-12(11)18-8-19-15/h1-6,8-10,13-14H,7H2,(H,21,22)(H,23,24)(H,18,19,20)/p-1/t9-,10-,13+,14+/m1/s1. The maximum Gasteiger partial charge on any atom is 0.242 e. The van der Waals surface area contributed by atoms with E-state index in [1.807, 2.05) is 36.4 Å². The summed E-state index contributed by atoms with van der Waals surface area (Å²) in [6.45, 7) is 0. The minimum Gasteiger partial charge on any atom is -0.550 e. The third-order valence-electron chi connectivity index (χ3n) is 4.88. The predicted molar refractivity (Wildman–Crippen MR) is 84.0 cm³/mol. The number of benzene rings is 1. The number of hydrazine groups is 1. The Kier molecular flexibility index (Phi) is 3.41. The quantitative estimate of drug-likeness (QED) is 0.617. The molecule has 1 saturated carbocycles. The van der Waals surface area contributed by atoms with Gasteiger partial charge in [0.1, 0.15) is 6.33 Å². The van der Waals surface area contributed by atoms with Gasteiger partial charge in [0.05, 0.1) is 11.4 Å². The summed E-state index contributed by atoms with van der Waals surface area (Å²) in [7, 11) is 0. The maximum atomic E-state index is 12.5. The van der Waals surface area contributed by atoms with E-state index in [0.717, 1.165) is 10.9 Å². The molecule has 2 bridgehead atoms. The molecule has 0 unspecified atom stereocenters. The van der Waals surface area contributed by atoms with Crippen LogP contribution in [0.2, 0.25) is 0 Å². The van der Waals surface area contributed by atoms with Gasteiger partial charge in [-0.05, 0) is 30.4 Å². The second-order valence-electron chi connectivity index (χ2n) is 6.17. The van der Waals surface area contributed by atoms with Gasteiger partial charge >= 0.3 is 0 Å². The first kappa shape index (κ1) is 14.6. The molecule has 7 nitrogen and oxygen atoms in total. The van der Waals surface area contributed by atoms with Gasteiger partial charge in [-0.3, -0.25) is 15.6 Å². The number of nitrogens with one attached hydrogen (secondary N) is 2. The highest BCUT2D eigenvalue weighted by atomic mass is 16.4. The Hall–Kier alpha value is -2.96. The average Bonchev–Trinajstić information content (AvgIpc) is 3.20. The summed E-state index contributed by atoms with van der Waals surface area (Å²) in [4.78, 5) is 32.2. The summed E-state index contributed by atoms with van der Waals surface area (Å²) < 4.78 is 0. The maximum absolute atomic E-state index is 12.5. The smallest absolute Gasteiger partial charge is 0.242 e. The van der Waals surface area contributed by atoms with Crippen molar-refractivity contribution in [3.8, 4) is 0 Å². The number of hydrogen-bond acceptors (Lipinski definition) is 6. The first-order valence-electron chi connectivity index (χ1n) is 7.80. The number of rotatable bonds is 4. The Bertz CT molecular complexity index is 845. The van der Waals surface area contributed by atoms with Crippen molar-refractivity contribution in [2.24, 2.45) is 23.7 Å². The van der Waals surface area contributed by atoms with E-state index in [2.05, 4.69) is 20.8 Å². The Morgan fingerprint density at radius 2 is 1.83 bits per heavy atom. The van der Waals surface area contributed by atoms with Gasteiger partial charge in [-0.1, -0.05) is 24.3 Å². The molecular formula is C17H15N4O3-. The number of carboxylic acids is 1. The Labute approximate surface area is 137 Å². The van der Waals surface area contributed by atoms with Crippen molar-refractivity contribution in [3.63, 3.8) is 0 Å². The molecule has 1 fully saturated rings.